The van der Waals surface area contributed by atoms with Crippen molar-refractivity contribution in [2.75, 3.05) is 7.11 Å². The van der Waals surface area contributed by atoms with E-state index in [1.165, 1.54) is 12.1 Å². The lowest BCUT2D eigenvalue weighted by molar-refractivity contribution is -0.671. The maximum Gasteiger partial charge on any atom is 0.297 e. The lowest BCUT2D eigenvalue weighted by atomic mass is 10.5. The Hall–Kier alpha value is -0.940. The molecule has 0 aliphatic heterocycles. The van der Waals surface area contributed by atoms with E-state index in [1.807, 2.05) is 7.05 Å². The third-order valence-corrected chi connectivity index (χ3v) is 2.74. The van der Waals surface area contributed by atoms with Gasteiger partial charge in [-0.2, -0.15) is 8.42 Å². The van der Waals surface area contributed by atoms with Crippen molar-refractivity contribution in [2.24, 2.45) is 7.05 Å². The molecule has 0 atom stereocenters. The summed E-state index contributed by atoms with van der Waals surface area (Å²) in [4.78, 5) is 0.170. The summed E-state index contributed by atoms with van der Waals surface area (Å²) < 4.78 is 28.2. The molecule has 0 unspecified atom stereocenters. The molecule has 5 heteroatoms. The van der Waals surface area contributed by atoms with Gasteiger partial charge in [0.15, 0.2) is 12.4 Å². The monoisotopic (exact) mass is 188 g/mol. The van der Waals surface area contributed by atoms with Crippen LogP contribution in [-0.4, -0.2) is 15.5 Å². The molecule has 0 fully saturated rings. The van der Waals surface area contributed by atoms with Crippen LogP contribution >= 0.6 is 0 Å². The Morgan fingerprint density at radius 2 is 1.83 bits per heavy atom. The lowest BCUT2D eigenvalue weighted by Crippen LogP contribution is -2.26. The van der Waals surface area contributed by atoms with E-state index in [1.54, 1.807) is 17.0 Å². The Labute approximate surface area is 71.5 Å². The third kappa shape index (κ3) is 1.80. The van der Waals surface area contributed by atoms with Crippen LogP contribution in [0.2, 0.25) is 0 Å². The zero-order valence-corrected chi connectivity index (χ0v) is 7.71. The summed E-state index contributed by atoms with van der Waals surface area (Å²) in [7, 11) is -0.578. The Morgan fingerprint density at radius 1 is 1.33 bits per heavy atom. The largest absolute Gasteiger partial charge is 0.297 e. The Kier molecular flexibility index (Phi) is 2.44. The lowest BCUT2D eigenvalue weighted by Gasteiger charge is -1.97. The molecule has 1 aromatic rings. The molecule has 0 aliphatic carbocycles. The van der Waals surface area contributed by atoms with Gasteiger partial charge in [0.2, 0.25) is 0 Å². The topological polar surface area (TPSA) is 47.3 Å². The molecule has 0 aromatic carbocycles. The molecule has 1 rings (SSSR count). The molecule has 0 amide bonds. The van der Waals surface area contributed by atoms with Gasteiger partial charge in [-0.25, -0.2) is 4.57 Å². The second kappa shape index (κ2) is 3.20. The van der Waals surface area contributed by atoms with Crippen LogP contribution in [0.1, 0.15) is 0 Å². The van der Waals surface area contributed by atoms with Crippen molar-refractivity contribution in [3.63, 3.8) is 0 Å². The van der Waals surface area contributed by atoms with Gasteiger partial charge < -0.3 is 0 Å². The SMILES string of the molecule is COS(=O)(=O)c1cc[n+](C)cc1. The molecule has 0 spiro atoms. The van der Waals surface area contributed by atoms with Gasteiger partial charge in [0.1, 0.15) is 11.9 Å². The molecule has 0 saturated heterocycles. The van der Waals surface area contributed by atoms with E-state index in [0.29, 0.717) is 0 Å². The van der Waals surface area contributed by atoms with Gasteiger partial charge in [0, 0.05) is 12.1 Å². The molecule has 1 heterocycles. The average molecular weight is 188 g/mol. The van der Waals surface area contributed by atoms with Gasteiger partial charge in [0.25, 0.3) is 10.1 Å². The first-order valence-electron chi connectivity index (χ1n) is 3.32. The number of nitrogens with zero attached hydrogens (tertiary/aromatic N) is 1. The van der Waals surface area contributed by atoms with E-state index in [-0.39, 0.29) is 4.90 Å². The summed E-state index contributed by atoms with van der Waals surface area (Å²) in [5.74, 6) is 0. The summed E-state index contributed by atoms with van der Waals surface area (Å²) in [6.45, 7) is 0. The average Bonchev–Trinajstić information content (AvgIpc) is 2.05. The van der Waals surface area contributed by atoms with Crippen LogP contribution in [0, 0.1) is 0 Å². The van der Waals surface area contributed by atoms with Crippen LogP contribution in [0.15, 0.2) is 29.4 Å². The van der Waals surface area contributed by atoms with Gasteiger partial charge in [-0.3, -0.25) is 4.18 Å². The molecule has 1 aromatic heterocycles. The number of pyridine rings is 1. The van der Waals surface area contributed by atoms with Crippen molar-refractivity contribution in [3.05, 3.63) is 24.5 Å². The number of rotatable bonds is 2. The molecular weight excluding hydrogens is 178 g/mol. The highest BCUT2D eigenvalue weighted by Gasteiger charge is 2.13. The number of hydrogen-bond acceptors (Lipinski definition) is 3. The summed E-state index contributed by atoms with van der Waals surface area (Å²) in [5.41, 5.74) is 0. The van der Waals surface area contributed by atoms with E-state index >= 15 is 0 Å². The normalized spacial score (nSPS) is 11.5. The zero-order chi connectivity index (χ0) is 9.19. The standard InChI is InChI=1S/C7H10NO3S/c1-8-5-3-7(4-6-8)12(9,10)11-2/h3-6H,1-2H3/q+1. The van der Waals surface area contributed by atoms with E-state index in [4.69, 9.17) is 0 Å². The van der Waals surface area contributed by atoms with Crippen LogP contribution in [0.3, 0.4) is 0 Å². The molecule has 12 heavy (non-hydrogen) atoms. The summed E-state index contributed by atoms with van der Waals surface area (Å²) in [6, 6.07) is 2.97. The zero-order valence-electron chi connectivity index (χ0n) is 6.89. The van der Waals surface area contributed by atoms with Gasteiger partial charge >= 0.3 is 0 Å². The van der Waals surface area contributed by atoms with Crippen LogP contribution in [-0.2, 0) is 21.3 Å². The number of aromatic nitrogens is 1. The summed E-state index contributed by atoms with van der Waals surface area (Å²) in [6.07, 6.45) is 3.29. The van der Waals surface area contributed by atoms with Gasteiger partial charge in [-0.15, -0.1) is 0 Å². The Morgan fingerprint density at radius 3 is 2.25 bits per heavy atom. The molecule has 0 radical (unpaired) electrons. The highest BCUT2D eigenvalue weighted by molar-refractivity contribution is 7.86. The minimum atomic E-state index is -3.53. The third-order valence-electron chi connectivity index (χ3n) is 1.46. The highest BCUT2D eigenvalue weighted by atomic mass is 32.2. The van der Waals surface area contributed by atoms with E-state index in [9.17, 15) is 8.42 Å². The van der Waals surface area contributed by atoms with Gasteiger partial charge in [-0.1, -0.05) is 0 Å². The number of hydrogen-bond donors (Lipinski definition) is 0. The second-order valence-corrected chi connectivity index (χ2v) is 4.03. The first-order valence-corrected chi connectivity index (χ1v) is 4.73. The predicted octanol–water partition coefficient (Wildman–Crippen LogP) is -0.154. The van der Waals surface area contributed by atoms with E-state index in [0.717, 1.165) is 7.11 Å². The minimum Gasteiger partial charge on any atom is -0.270 e. The first kappa shape index (κ1) is 9.15. The first-order chi connectivity index (χ1) is 5.56. The Balaban J connectivity index is 3.14. The van der Waals surface area contributed by atoms with Crippen molar-refractivity contribution in [1.29, 1.82) is 0 Å². The molecule has 66 valence electrons. The fourth-order valence-electron chi connectivity index (χ4n) is 0.750. The highest BCUT2D eigenvalue weighted by Crippen LogP contribution is 2.07. The molecule has 0 aliphatic rings. The maximum absolute atomic E-state index is 11.1. The molecule has 0 bridgehead atoms. The fourth-order valence-corrected chi connectivity index (χ4v) is 1.40. The molecule has 4 nitrogen and oxygen atoms in total. The fraction of sp³-hybridized carbons (Fsp3) is 0.286. The van der Waals surface area contributed by atoms with Crippen molar-refractivity contribution < 1.29 is 17.2 Å². The molecule has 0 saturated carbocycles. The number of aryl methyl sites for hydroxylation is 1. The summed E-state index contributed by atoms with van der Waals surface area (Å²) >= 11 is 0. The van der Waals surface area contributed by atoms with Crippen LogP contribution in [0.4, 0.5) is 0 Å². The maximum atomic E-state index is 11.1. The van der Waals surface area contributed by atoms with Crippen molar-refractivity contribution in [3.8, 4) is 0 Å². The van der Waals surface area contributed by atoms with Gasteiger partial charge in [0.05, 0.1) is 7.11 Å². The van der Waals surface area contributed by atoms with Gasteiger partial charge in [-0.05, 0) is 0 Å². The van der Waals surface area contributed by atoms with E-state index in [2.05, 4.69) is 4.18 Å². The van der Waals surface area contributed by atoms with Crippen molar-refractivity contribution >= 4 is 10.1 Å². The van der Waals surface area contributed by atoms with Crippen LogP contribution < -0.4 is 4.57 Å². The minimum absolute atomic E-state index is 0.170. The smallest absolute Gasteiger partial charge is 0.270 e. The molecule has 0 N–H and O–H groups in total. The van der Waals surface area contributed by atoms with Crippen LogP contribution in [0.25, 0.3) is 0 Å². The summed E-state index contributed by atoms with van der Waals surface area (Å²) in [5, 5.41) is 0. The van der Waals surface area contributed by atoms with E-state index < -0.39 is 10.1 Å². The van der Waals surface area contributed by atoms with Crippen LogP contribution in [0.5, 0.6) is 0 Å². The predicted molar refractivity (Wildman–Crippen MR) is 41.8 cm³/mol. The Bertz CT molecular complexity index is 355. The molecular formula is C7H10NO3S+. The van der Waals surface area contributed by atoms with Crippen molar-refractivity contribution in [2.45, 2.75) is 4.90 Å². The second-order valence-electron chi connectivity index (χ2n) is 2.32. The van der Waals surface area contributed by atoms with Crippen molar-refractivity contribution in [1.82, 2.24) is 0 Å². The quantitative estimate of drug-likeness (QED) is 0.479.